The number of hydrogen-bond donors (Lipinski definition) is 0. The normalized spacial score (nSPS) is 22.1. The fraction of sp³-hybridized carbons (Fsp3) is 0.857. The number of alkyl halides is 2. The van der Waals surface area contributed by atoms with Gasteiger partial charge in [0, 0.05) is 6.42 Å². The van der Waals surface area contributed by atoms with Crippen molar-refractivity contribution < 1.29 is 27.8 Å². The second-order valence-corrected chi connectivity index (χ2v) is 7.22. The van der Waals surface area contributed by atoms with E-state index in [9.17, 15) is 18.4 Å². The van der Waals surface area contributed by atoms with Gasteiger partial charge in [-0.3, -0.25) is 4.90 Å². The Balaban J connectivity index is 2.89. The van der Waals surface area contributed by atoms with Crippen molar-refractivity contribution in [2.75, 3.05) is 6.54 Å². The number of ether oxygens (including phenoxy) is 2. The van der Waals surface area contributed by atoms with Crippen LogP contribution in [-0.4, -0.2) is 46.7 Å². The molecular weight excluding hydrogens is 284 g/mol. The summed E-state index contributed by atoms with van der Waals surface area (Å²) in [6.07, 6.45) is -1.68. The van der Waals surface area contributed by atoms with Crippen LogP contribution in [0.25, 0.3) is 0 Å². The SMILES string of the molecule is CC(C)(C)OC(=O)[C@@H]1CC(F)(F)CN1C(=O)OC(C)(C)C. The fourth-order valence-corrected chi connectivity index (χ4v) is 1.91. The molecule has 0 aliphatic carbocycles. The molecule has 0 N–H and O–H groups in total. The predicted molar refractivity (Wildman–Crippen MR) is 72.1 cm³/mol. The summed E-state index contributed by atoms with van der Waals surface area (Å²) in [5, 5.41) is 0. The number of amides is 1. The van der Waals surface area contributed by atoms with Gasteiger partial charge in [0.05, 0.1) is 6.54 Å². The van der Waals surface area contributed by atoms with Crippen LogP contribution in [0.5, 0.6) is 0 Å². The van der Waals surface area contributed by atoms with Crippen molar-refractivity contribution in [2.24, 2.45) is 0 Å². The minimum Gasteiger partial charge on any atom is -0.458 e. The molecule has 122 valence electrons. The van der Waals surface area contributed by atoms with Gasteiger partial charge in [0.15, 0.2) is 0 Å². The molecule has 0 radical (unpaired) electrons. The summed E-state index contributed by atoms with van der Waals surface area (Å²) in [6.45, 7) is 8.94. The molecule has 0 aromatic heterocycles. The van der Waals surface area contributed by atoms with E-state index in [0.29, 0.717) is 0 Å². The lowest BCUT2D eigenvalue weighted by Crippen LogP contribution is -2.45. The number of esters is 1. The zero-order valence-corrected chi connectivity index (χ0v) is 13.3. The molecule has 1 fully saturated rings. The summed E-state index contributed by atoms with van der Waals surface area (Å²) in [7, 11) is 0. The van der Waals surface area contributed by atoms with E-state index in [1.54, 1.807) is 41.5 Å². The third-order valence-corrected chi connectivity index (χ3v) is 2.58. The van der Waals surface area contributed by atoms with Crippen molar-refractivity contribution in [1.82, 2.24) is 4.90 Å². The van der Waals surface area contributed by atoms with Gasteiger partial charge in [-0.2, -0.15) is 0 Å². The van der Waals surface area contributed by atoms with Crippen LogP contribution in [0.15, 0.2) is 0 Å². The second-order valence-electron chi connectivity index (χ2n) is 7.22. The number of carbonyl (C=O) groups is 2. The minimum absolute atomic E-state index is 0.749. The Morgan fingerprint density at radius 3 is 1.95 bits per heavy atom. The molecule has 1 saturated heterocycles. The smallest absolute Gasteiger partial charge is 0.411 e. The molecular formula is C14H23F2NO4. The number of hydrogen-bond acceptors (Lipinski definition) is 4. The van der Waals surface area contributed by atoms with Crippen LogP contribution in [0.3, 0.4) is 0 Å². The average molecular weight is 307 g/mol. The third-order valence-electron chi connectivity index (χ3n) is 2.58. The van der Waals surface area contributed by atoms with Gasteiger partial charge in [-0.1, -0.05) is 0 Å². The quantitative estimate of drug-likeness (QED) is 0.699. The van der Waals surface area contributed by atoms with Crippen LogP contribution >= 0.6 is 0 Å². The number of nitrogens with zero attached hydrogens (tertiary/aromatic N) is 1. The van der Waals surface area contributed by atoms with E-state index in [-0.39, 0.29) is 0 Å². The Morgan fingerprint density at radius 2 is 1.52 bits per heavy atom. The predicted octanol–water partition coefficient (Wildman–Crippen LogP) is 2.97. The summed E-state index contributed by atoms with van der Waals surface area (Å²) in [4.78, 5) is 24.8. The Labute approximate surface area is 123 Å². The van der Waals surface area contributed by atoms with Gasteiger partial charge in [-0.25, -0.2) is 18.4 Å². The highest BCUT2D eigenvalue weighted by Gasteiger charge is 2.52. The van der Waals surface area contributed by atoms with Crippen molar-refractivity contribution in [3.63, 3.8) is 0 Å². The van der Waals surface area contributed by atoms with Gasteiger partial charge >= 0.3 is 12.1 Å². The first-order valence-electron chi connectivity index (χ1n) is 6.80. The van der Waals surface area contributed by atoms with E-state index in [2.05, 4.69) is 0 Å². The molecule has 0 spiro atoms. The van der Waals surface area contributed by atoms with Gasteiger partial charge in [0.2, 0.25) is 0 Å². The van der Waals surface area contributed by atoms with Crippen LogP contribution in [-0.2, 0) is 14.3 Å². The Kier molecular flexibility index (Phi) is 4.56. The standard InChI is InChI=1S/C14H23F2NO4/c1-12(2,3)20-10(18)9-7-14(15,16)8-17(9)11(19)21-13(4,5)6/h9H,7-8H2,1-6H3/t9-/m0/s1. The summed E-state index contributed by atoms with van der Waals surface area (Å²) < 4.78 is 37.3. The largest absolute Gasteiger partial charge is 0.458 e. The Bertz CT molecular complexity index is 386. The number of likely N-dealkylation sites (tertiary alicyclic amines) is 1. The molecule has 0 aromatic rings. The zero-order valence-electron chi connectivity index (χ0n) is 13.3. The lowest BCUT2D eigenvalue weighted by atomic mass is 10.1. The van der Waals surface area contributed by atoms with Crippen molar-refractivity contribution in [3.8, 4) is 0 Å². The van der Waals surface area contributed by atoms with E-state index in [0.717, 1.165) is 4.90 Å². The van der Waals surface area contributed by atoms with Gasteiger partial charge in [0.1, 0.15) is 17.2 Å². The topological polar surface area (TPSA) is 55.8 Å². The lowest BCUT2D eigenvalue weighted by molar-refractivity contribution is -0.160. The molecule has 0 bridgehead atoms. The molecule has 1 atom stereocenters. The molecule has 1 amide bonds. The molecule has 1 heterocycles. The number of rotatable bonds is 1. The van der Waals surface area contributed by atoms with Gasteiger partial charge in [0.25, 0.3) is 5.92 Å². The monoisotopic (exact) mass is 307 g/mol. The van der Waals surface area contributed by atoms with Crippen LogP contribution < -0.4 is 0 Å². The molecule has 0 aromatic carbocycles. The summed E-state index contributed by atoms with van der Waals surface area (Å²) in [6, 6.07) is -1.32. The Morgan fingerprint density at radius 1 is 1.05 bits per heavy atom. The molecule has 0 unspecified atom stereocenters. The van der Waals surface area contributed by atoms with Crippen LogP contribution in [0, 0.1) is 0 Å². The van der Waals surface area contributed by atoms with Crippen LogP contribution in [0.2, 0.25) is 0 Å². The molecule has 21 heavy (non-hydrogen) atoms. The number of carbonyl (C=O) groups excluding carboxylic acids is 2. The maximum Gasteiger partial charge on any atom is 0.411 e. The second kappa shape index (κ2) is 5.42. The highest BCUT2D eigenvalue weighted by Crippen LogP contribution is 2.34. The number of halogens is 2. The van der Waals surface area contributed by atoms with E-state index in [1.165, 1.54) is 0 Å². The van der Waals surface area contributed by atoms with Crippen molar-refractivity contribution in [3.05, 3.63) is 0 Å². The van der Waals surface area contributed by atoms with E-state index < -0.39 is 48.2 Å². The van der Waals surface area contributed by atoms with E-state index in [4.69, 9.17) is 9.47 Å². The average Bonchev–Trinajstić information content (AvgIpc) is 2.49. The molecule has 1 rings (SSSR count). The third kappa shape index (κ3) is 5.47. The molecule has 1 aliphatic heterocycles. The first-order valence-corrected chi connectivity index (χ1v) is 6.80. The summed E-state index contributed by atoms with van der Waals surface area (Å²) in [5.41, 5.74) is -1.64. The maximum absolute atomic E-state index is 13.6. The van der Waals surface area contributed by atoms with Gasteiger partial charge < -0.3 is 9.47 Å². The fourth-order valence-electron chi connectivity index (χ4n) is 1.91. The molecule has 7 heteroatoms. The molecule has 5 nitrogen and oxygen atoms in total. The minimum atomic E-state index is -3.13. The maximum atomic E-state index is 13.6. The summed E-state index contributed by atoms with van der Waals surface area (Å²) >= 11 is 0. The van der Waals surface area contributed by atoms with Gasteiger partial charge in [-0.05, 0) is 41.5 Å². The highest BCUT2D eigenvalue weighted by molar-refractivity contribution is 5.82. The Hall–Kier alpha value is -1.40. The van der Waals surface area contributed by atoms with Crippen LogP contribution in [0.4, 0.5) is 13.6 Å². The van der Waals surface area contributed by atoms with Gasteiger partial charge in [-0.15, -0.1) is 0 Å². The van der Waals surface area contributed by atoms with Crippen LogP contribution in [0.1, 0.15) is 48.0 Å². The van der Waals surface area contributed by atoms with Crippen molar-refractivity contribution in [2.45, 2.75) is 71.1 Å². The molecule has 0 saturated carbocycles. The first kappa shape index (κ1) is 17.7. The van der Waals surface area contributed by atoms with Crippen molar-refractivity contribution in [1.29, 1.82) is 0 Å². The van der Waals surface area contributed by atoms with E-state index >= 15 is 0 Å². The zero-order chi connectivity index (χ0) is 16.6. The highest BCUT2D eigenvalue weighted by atomic mass is 19.3. The first-order chi connectivity index (χ1) is 9.20. The molecule has 1 aliphatic rings. The summed E-state index contributed by atoms with van der Waals surface area (Å²) in [5.74, 6) is -3.97. The lowest BCUT2D eigenvalue weighted by Gasteiger charge is -2.29. The van der Waals surface area contributed by atoms with Crippen molar-refractivity contribution >= 4 is 12.1 Å². The van der Waals surface area contributed by atoms with E-state index in [1.807, 2.05) is 0 Å².